The van der Waals surface area contributed by atoms with Crippen molar-refractivity contribution in [2.45, 2.75) is 44.6 Å². The Morgan fingerprint density at radius 2 is 1.27 bits per heavy atom. The molecule has 1 atom stereocenters. The third-order valence-corrected chi connectivity index (χ3v) is 6.13. The normalized spacial score (nSPS) is 12.0. The van der Waals surface area contributed by atoms with E-state index in [9.17, 15) is 9.59 Å². The highest BCUT2D eigenvalue weighted by Crippen LogP contribution is 2.37. The lowest BCUT2D eigenvalue weighted by atomic mass is 9.77. The first kappa shape index (κ1) is 24.2. The summed E-state index contributed by atoms with van der Waals surface area (Å²) < 4.78 is 0. The Balaban J connectivity index is 1.88. The monoisotopic (exact) mass is 439 g/mol. The van der Waals surface area contributed by atoms with E-state index in [2.05, 4.69) is 11.9 Å². The van der Waals surface area contributed by atoms with Crippen LogP contribution in [0.3, 0.4) is 0 Å². The molecule has 0 aromatic heterocycles. The molecule has 0 bridgehead atoms. The Morgan fingerprint density at radius 1 is 0.818 bits per heavy atom. The maximum atomic E-state index is 13.3. The summed E-state index contributed by atoms with van der Waals surface area (Å²) in [4.78, 5) is 25.7. The first-order valence-corrected chi connectivity index (χ1v) is 11.7. The average Bonchev–Trinajstić information content (AvgIpc) is 2.87. The number of hydrogen-bond acceptors (Lipinski definition) is 2. The van der Waals surface area contributed by atoms with Crippen molar-refractivity contribution in [3.8, 4) is 0 Å². The largest absolute Gasteiger partial charge is 0.338 e. The summed E-state index contributed by atoms with van der Waals surface area (Å²) in [5.74, 6) is 0.00235. The minimum atomic E-state index is -0.821. The number of carbonyl (C=O) groups is 2. The van der Waals surface area contributed by atoms with Crippen molar-refractivity contribution in [1.29, 1.82) is 0 Å². The summed E-state index contributed by atoms with van der Waals surface area (Å²) in [5.41, 5.74) is 2.15. The molecule has 3 aromatic rings. The van der Waals surface area contributed by atoms with Crippen molar-refractivity contribution in [3.63, 3.8) is 0 Å². The van der Waals surface area contributed by atoms with Gasteiger partial charge in [-0.15, -0.1) is 6.58 Å². The van der Waals surface area contributed by atoms with Gasteiger partial charge in [-0.25, -0.2) is 0 Å². The maximum absolute atomic E-state index is 13.3. The van der Waals surface area contributed by atoms with Crippen molar-refractivity contribution < 1.29 is 9.59 Å². The maximum Gasteiger partial charge on any atom is 0.221 e. The van der Waals surface area contributed by atoms with Gasteiger partial charge in [-0.3, -0.25) is 9.59 Å². The predicted molar refractivity (Wildman–Crippen MR) is 135 cm³/mol. The molecular formula is C30H33NO2. The first-order chi connectivity index (χ1) is 16.1. The third kappa shape index (κ3) is 6.07. The van der Waals surface area contributed by atoms with Crippen LogP contribution < -0.4 is 5.32 Å². The highest BCUT2D eigenvalue weighted by Gasteiger charge is 2.37. The van der Waals surface area contributed by atoms with E-state index in [1.54, 1.807) is 0 Å². The Morgan fingerprint density at radius 3 is 1.70 bits per heavy atom. The Kier molecular flexibility index (Phi) is 8.77. The van der Waals surface area contributed by atoms with Crippen molar-refractivity contribution in [1.82, 2.24) is 5.32 Å². The second-order valence-electron chi connectivity index (χ2n) is 8.48. The van der Waals surface area contributed by atoms with Crippen molar-refractivity contribution >= 4 is 11.7 Å². The standard InChI is InChI=1S/C30H33NO2/c1-3-4-8-21-28(32)24(2)22-23-29(33)31-30(25-15-9-5-10-16-25,26-17-11-6-12-18-26)27-19-13-7-14-20-27/h3,5-7,9-20,24H,1,4,8,21-23H2,2H3,(H,31,33)/t24-/m0/s1. The summed E-state index contributed by atoms with van der Waals surface area (Å²) in [6.07, 6.45) is 4.86. The summed E-state index contributed by atoms with van der Waals surface area (Å²) in [6, 6.07) is 30.2. The molecule has 0 spiro atoms. The third-order valence-electron chi connectivity index (χ3n) is 6.13. The fourth-order valence-corrected chi connectivity index (χ4v) is 4.23. The number of unbranched alkanes of at least 4 members (excludes halogenated alkanes) is 1. The van der Waals surface area contributed by atoms with E-state index < -0.39 is 5.54 Å². The van der Waals surface area contributed by atoms with Crippen LogP contribution in [0.4, 0.5) is 0 Å². The molecular weight excluding hydrogens is 406 g/mol. The Labute approximate surface area is 197 Å². The highest BCUT2D eigenvalue weighted by atomic mass is 16.1. The fourth-order valence-electron chi connectivity index (χ4n) is 4.23. The number of amides is 1. The first-order valence-electron chi connectivity index (χ1n) is 11.7. The quantitative estimate of drug-likeness (QED) is 0.201. The molecule has 0 heterocycles. The molecule has 0 unspecified atom stereocenters. The number of allylic oxidation sites excluding steroid dienone is 1. The minimum Gasteiger partial charge on any atom is -0.338 e. The van der Waals surface area contributed by atoms with Gasteiger partial charge in [-0.2, -0.15) is 0 Å². The molecule has 0 aliphatic carbocycles. The zero-order valence-corrected chi connectivity index (χ0v) is 19.4. The van der Waals surface area contributed by atoms with Gasteiger partial charge in [0.2, 0.25) is 5.91 Å². The van der Waals surface area contributed by atoms with Crippen molar-refractivity contribution in [2.75, 3.05) is 0 Å². The highest BCUT2D eigenvalue weighted by molar-refractivity contribution is 5.83. The lowest BCUT2D eigenvalue weighted by Crippen LogP contribution is -2.47. The van der Waals surface area contributed by atoms with Gasteiger partial charge in [0.05, 0.1) is 0 Å². The predicted octanol–water partition coefficient (Wildman–Crippen LogP) is 6.44. The second kappa shape index (κ2) is 12.0. The molecule has 3 heteroatoms. The summed E-state index contributed by atoms with van der Waals surface area (Å²) >= 11 is 0. The molecule has 3 rings (SSSR count). The van der Waals surface area contributed by atoms with Crippen molar-refractivity contribution in [2.24, 2.45) is 5.92 Å². The van der Waals surface area contributed by atoms with E-state index in [0.29, 0.717) is 19.3 Å². The van der Waals surface area contributed by atoms with Crippen LogP contribution in [0.25, 0.3) is 0 Å². The molecule has 33 heavy (non-hydrogen) atoms. The van der Waals surface area contributed by atoms with Crippen LogP contribution in [0.2, 0.25) is 0 Å². The van der Waals surface area contributed by atoms with E-state index >= 15 is 0 Å². The number of nitrogens with one attached hydrogen (secondary N) is 1. The van der Waals surface area contributed by atoms with Gasteiger partial charge in [0.15, 0.2) is 0 Å². The van der Waals surface area contributed by atoms with Gasteiger partial charge in [0, 0.05) is 18.8 Å². The number of benzene rings is 3. The molecule has 170 valence electrons. The van der Waals surface area contributed by atoms with Crippen LogP contribution in [0.5, 0.6) is 0 Å². The number of hydrogen-bond donors (Lipinski definition) is 1. The van der Waals surface area contributed by atoms with Gasteiger partial charge in [-0.1, -0.05) is 104 Å². The lowest BCUT2D eigenvalue weighted by Gasteiger charge is -2.37. The number of rotatable bonds is 12. The molecule has 1 amide bonds. The van der Waals surface area contributed by atoms with Gasteiger partial charge in [-0.05, 0) is 36.0 Å². The molecule has 0 radical (unpaired) electrons. The molecule has 0 saturated heterocycles. The summed E-state index contributed by atoms with van der Waals surface area (Å²) in [7, 11) is 0. The van der Waals surface area contributed by atoms with Gasteiger partial charge in [0.1, 0.15) is 11.3 Å². The zero-order valence-electron chi connectivity index (χ0n) is 19.4. The summed E-state index contributed by atoms with van der Waals surface area (Å²) in [6.45, 7) is 5.63. The van der Waals surface area contributed by atoms with Crippen LogP contribution in [-0.2, 0) is 15.1 Å². The van der Waals surface area contributed by atoms with Crippen LogP contribution in [0, 0.1) is 5.92 Å². The minimum absolute atomic E-state index is 0.0719. The average molecular weight is 440 g/mol. The molecule has 0 saturated carbocycles. The zero-order chi connectivity index (χ0) is 23.5. The molecule has 3 nitrogen and oxygen atoms in total. The van der Waals surface area contributed by atoms with Gasteiger partial charge in [0.25, 0.3) is 0 Å². The van der Waals surface area contributed by atoms with Crippen LogP contribution in [0.15, 0.2) is 104 Å². The van der Waals surface area contributed by atoms with Crippen LogP contribution >= 0.6 is 0 Å². The molecule has 0 aliphatic heterocycles. The van der Waals surface area contributed by atoms with E-state index in [4.69, 9.17) is 0 Å². The van der Waals surface area contributed by atoms with Crippen molar-refractivity contribution in [3.05, 3.63) is 120 Å². The van der Waals surface area contributed by atoms with Crippen LogP contribution in [0.1, 0.15) is 55.7 Å². The Hall–Kier alpha value is -3.46. The van der Waals surface area contributed by atoms with E-state index in [-0.39, 0.29) is 17.6 Å². The lowest BCUT2D eigenvalue weighted by molar-refractivity contribution is -0.124. The fraction of sp³-hybridized carbons (Fsp3) is 0.267. The number of Topliss-reactive ketones (excluding diaryl/α,β-unsaturated/α-hetero) is 1. The van der Waals surface area contributed by atoms with E-state index in [0.717, 1.165) is 29.5 Å². The van der Waals surface area contributed by atoms with Gasteiger partial charge < -0.3 is 5.32 Å². The molecule has 1 N–H and O–H groups in total. The second-order valence-corrected chi connectivity index (χ2v) is 8.48. The molecule has 0 aliphatic rings. The topological polar surface area (TPSA) is 46.2 Å². The SMILES string of the molecule is C=CCCCC(=O)[C@@H](C)CCC(=O)NC(c1ccccc1)(c1ccccc1)c1ccccc1. The Bertz CT molecular complexity index is 932. The molecule has 0 fully saturated rings. The van der Waals surface area contributed by atoms with E-state index in [1.807, 2.05) is 104 Å². The number of ketones is 1. The molecule has 3 aromatic carbocycles. The van der Waals surface area contributed by atoms with E-state index in [1.165, 1.54) is 0 Å². The smallest absolute Gasteiger partial charge is 0.221 e. The van der Waals surface area contributed by atoms with Crippen LogP contribution in [-0.4, -0.2) is 11.7 Å². The van der Waals surface area contributed by atoms with Gasteiger partial charge >= 0.3 is 0 Å². The number of carbonyl (C=O) groups excluding carboxylic acids is 2. The summed E-state index contributed by atoms with van der Waals surface area (Å²) in [5, 5.41) is 3.36.